The summed E-state index contributed by atoms with van der Waals surface area (Å²) in [5.74, 6) is 1.62. The Kier molecular flexibility index (Phi) is 6.74. The number of ether oxygens (including phenoxy) is 1. The van der Waals surface area contributed by atoms with Crippen LogP contribution in [0.5, 0.6) is 11.5 Å². The van der Waals surface area contributed by atoms with Crippen molar-refractivity contribution in [2.24, 2.45) is 0 Å². The van der Waals surface area contributed by atoms with E-state index in [0.717, 1.165) is 67.1 Å². The van der Waals surface area contributed by atoms with Crippen molar-refractivity contribution in [3.8, 4) is 22.6 Å². The second kappa shape index (κ2) is 11.6. The van der Waals surface area contributed by atoms with E-state index in [4.69, 9.17) is 4.74 Å². The van der Waals surface area contributed by atoms with Crippen molar-refractivity contribution >= 4 is 68.0 Å². The summed E-state index contributed by atoms with van der Waals surface area (Å²) in [5, 5.41) is 4.79. The second-order valence-corrected chi connectivity index (χ2v) is 15.7. The van der Waals surface area contributed by atoms with Crippen LogP contribution >= 0.6 is 7.14 Å². The van der Waals surface area contributed by atoms with Gasteiger partial charge in [0.05, 0.1) is 22.7 Å². The van der Waals surface area contributed by atoms with Gasteiger partial charge in [-0.3, -0.25) is 0 Å². The molecule has 0 saturated heterocycles. The zero-order valence-corrected chi connectivity index (χ0v) is 28.5. The van der Waals surface area contributed by atoms with Crippen molar-refractivity contribution in [1.82, 2.24) is 0 Å². The summed E-state index contributed by atoms with van der Waals surface area (Å²) >= 11 is 0. The molecule has 0 fully saturated rings. The normalized spacial score (nSPS) is 12.9. The number of rotatable bonds is 5. The molecule has 5 heteroatoms. The van der Waals surface area contributed by atoms with Crippen LogP contribution in [0.15, 0.2) is 188 Å². The number of anilines is 6. The Morgan fingerprint density at radius 2 is 0.941 bits per heavy atom. The highest BCUT2D eigenvalue weighted by Crippen LogP contribution is 2.58. The second-order valence-electron chi connectivity index (χ2n) is 12.9. The van der Waals surface area contributed by atoms with Crippen LogP contribution < -0.4 is 30.5 Å². The molecule has 0 saturated carbocycles. The van der Waals surface area contributed by atoms with Crippen LogP contribution in [0.1, 0.15) is 0 Å². The highest BCUT2D eigenvalue weighted by molar-refractivity contribution is 7.85. The summed E-state index contributed by atoms with van der Waals surface area (Å²) in [6.45, 7) is 0. The molecule has 0 spiro atoms. The number of fused-ring (bicyclic) bond motifs is 4. The number of benzene rings is 8. The zero-order valence-electron chi connectivity index (χ0n) is 27.6. The van der Waals surface area contributed by atoms with E-state index in [1.807, 2.05) is 91.0 Å². The lowest BCUT2D eigenvalue weighted by Gasteiger charge is -2.38. The molecule has 4 nitrogen and oxygen atoms in total. The Morgan fingerprint density at radius 3 is 1.65 bits per heavy atom. The summed E-state index contributed by atoms with van der Waals surface area (Å²) in [5.41, 5.74) is 8.40. The quantitative estimate of drug-likeness (QED) is 0.170. The van der Waals surface area contributed by atoms with Gasteiger partial charge in [-0.2, -0.15) is 0 Å². The van der Waals surface area contributed by atoms with E-state index < -0.39 is 7.14 Å². The molecule has 8 aromatic rings. The Hall–Kier alpha value is -6.35. The molecule has 0 aliphatic carbocycles. The van der Waals surface area contributed by atoms with Crippen molar-refractivity contribution in [3.63, 3.8) is 0 Å². The molecule has 8 aromatic carbocycles. The predicted octanol–water partition coefficient (Wildman–Crippen LogP) is 11.5. The molecule has 0 radical (unpaired) electrons. The summed E-state index contributed by atoms with van der Waals surface area (Å²) in [6, 6.07) is 64.1. The predicted molar refractivity (Wildman–Crippen MR) is 212 cm³/mol. The molecule has 2 heterocycles. The maximum Gasteiger partial charge on any atom is 0.171 e. The molecule has 0 amide bonds. The van der Waals surface area contributed by atoms with Crippen LogP contribution in [0.25, 0.3) is 21.9 Å². The van der Waals surface area contributed by atoms with Crippen LogP contribution in [-0.4, -0.2) is 0 Å². The number of nitrogens with zero attached hydrogens (tertiary/aromatic N) is 2. The van der Waals surface area contributed by atoms with Gasteiger partial charge in [0.25, 0.3) is 0 Å². The van der Waals surface area contributed by atoms with Gasteiger partial charge in [0.2, 0.25) is 0 Å². The third kappa shape index (κ3) is 4.58. The molecule has 0 atom stereocenters. The average Bonchev–Trinajstić information content (AvgIpc) is 3.20. The van der Waals surface area contributed by atoms with Gasteiger partial charge in [0.1, 0.15) is 0 Å². The highest BCUT2D eigenvalue weighted by Gasteiger charge is 2.34. The van der Waals surface area contributed by atoms with Gasteiger partial charge >= 0.3 is 0 Å². The first-order valence-electron chi connectivity index (χ1n) is 17.1. The fourth-order valence-electron chi connectivity index (χ4n) is 7.72. The van der Waals surface area contributed by atoms with Crippen LogP contribution in [-0.2, 0) is 4.57 Å². The lowest BCUT2D eigenvalue weighted by molar-refractivity contribution is 0.477. The lowest BCUT2D eigenvalue weighted by atomic mass is 9.90. The first-order chi connectivity index (χ1) is 25.2. The van der Waals surface area contributed by atoms with Gasteiger partial charge in [-0.05, 0) is 77.7 Å². The Bertz CT molecular complexity index is 2590. The fourth-order valence-corrected chi connectivity index (χ4v) is 10.4. The number of hydrogen-bond acceptors (Lipinski definition) is 4. The summed E-state index contributed by atoms with van der Waals surface area (Å²) in [4.78, 5) is 4.63. The average molecular weight is 675 g/mol. The van der Waals surface area contributed by atoms with Crippen LogP contribution in [0.2, 0.25) is 0 Å². The van der Waals surface area contributed by atoms with E-state index in [2.05, 4.69) is 107 Å². The molecule has 0 N–H and O–H groups in total. The van der Waals surface area contributed by atoms with E-state index >= 15 is 4.57 Å². The summed E-state index contributed by atoms with van der Waals surface area (Å²) in [7, 11) is -3.13. The smallest absolute Gasteiger partial charge is 0.171 e. The monoisotopic (exact) mass is 674 g/mol. The van der Waals surface area contributed by atoms with Crippen LogP contribution in [0.4, 0.5) is 34.1 Å². The zero-order chi connectivity index (χ0) is 33.9. The molecular formula is C46H31N2O2P. The third-order valence-corrected chi connectivity index (χ3v) is 13.1. The van der Waals surface area contributed by atoms with Crippen molar-refractivity contribution in [2.75, 3.05) is 9.80 Å². The molecule has 2 aliphatic rings. The van der Waals surface area contributed by atoms with Crippen LogP contribution in [0, 0.1) is 0 Å². The van der Waals surface area contributed by atoms with E-state index in [0.29, 0.717) is 0 Å². The highest BCUT2D eigenvalue weighted by atomic mass is 31.2. The van der Waals surface area contributed by atoms with Gasteiger partial charge in [-0.25, -0.2) is 0 Å². The molecular weight excluding hydrogens is 643 g/mol. The molecule has 242 valence electrons. The van der Waals surface area contributed by atoms with Gasteiger partial charge < -0.3 is 19.1 Å². The van der Waals surface area contributed by atoms with Gasteiger partial charge in [0, 0.05) is 38.2 Å². The third-order valence-electron chi connectivity index (χ3n) is 10.0. The minimum atomic E-state index is -3.13. The maximum absolute atomic E-state index is 15.2. The van der Waals surface area contributed by atoms with Crippen molar-refractivity contribution in [2.45, 2.75) is 0 Å². The molecule has 0 aromatic heterocycles. The maximum atomic E-state index is 15.2. The van der Waals surface area contributed by atoms with Crippen molar-refractivity contribution in [1.29, 1.82) is 0 Å². The number of hydrogen-bond donors (Lipinski definition) is 0. The van der Waals surface area contributed by atoms with Gasteiger partial charge in [-0.15, -0.1) is 0 Å². The molecule has 51 heavy (non-hydrogen) atoms. The van der Waals surface area contributed by atoms with Crippen molar-refractivity contribution in [3.05, 3.63) is 188 Å². The van der Waals surface area contributed by atoms with Crippen LogP contribution in [0.3, 0.4) is 0 Å². The van der Waals surface area contributed by atoms with E-state index in [1.165, 1.54) is 16.3 Å². The first kappa shape index (κ1) is 29.6. The molecule has 0 bridgehead atoms. The SMILES string of the molecule is O=P(c1ccccc1)(c1ccccc1)c1ccc(N2c3cc4c(cc3-c3cccc5cccc2c35)Oc2ccccc2N4c2ccccc2)cc1. The van der Waals surface area contributed by atoms with Crippen molar-refractivity contribution < 1.29 is 9.30 Å². The largest absolute Gasteiger partial charge is 0.453 e. The lowest BCUT2D eigenvalue weighted by Crippen LogP contribution is -2.25. The first-order valence-corrected chi connectivity index (χ1v) is 18.8. The van der Waals surface area contributed by atoms with Gasteiger partial charge in [-0.1, -0.05) is 121 Å². The summed E-state index contributed by atoms with van der Waals surface area (Å²) < 4.78 is 21.9. The fraction of sp³-hybridized carbons (Fsp3) is 0. The van der Waals surface area contributed by atoms with E-state index in [1.54, 1.807) is 0 Å². The molecule has 10 rings (SSSR count). The van der Waals surface area contributed by atoms with E-state index in [9.17, 15) is 0 Å². The Labute approximate surface area is 296 Å². The van der Waals surface area contributed by atoms with E-state index in [-0.39, 0.29) is 0 Å². The minimum absolute atomic E-state index is 0.796. The Morgan fingerprint density at radius 1 is 0.392 bits per heavy atom. The standard InChI is InChI=1S/C46H31N2O2P/c49-51(35-18-6-2-7-19-35,36-20-8-3-9-21-36)37-28-26-34(27-29-37)48-41-24-13-15-32-14-12-22-38(46(32)41)39-30-45-43(31-42(39)48)47(33-16-4-1-5-17-33)40-23-10-11-25-44(40)50-45/h1-31H. The molecule has 2 aliphatic heterocycles. The number of para-hydroxylation sites is 3. The summed E-state index contributed by atoms with van der Waals surface area (Å²) in [6.07, 6.45) is 0. The van der Waals surface area contributed by atoms with Gasteiger partial charge in [0.15, 0.2) is 18.6 Å². The topological polar surface area (TPSA) is 32.8 Å². The molecule has 0 unspecified atom stereocenters. The minimum Gasteiger partial charge on any atom is -0.453 e. The Balaban J connectivity index is 1.19.